The minimum absolute atomic E-state index is 0.809. The van der Waals surface area contributed by atoms with Crippen molar-refractivity contribution in [2.24, 2.45) is 5.92 Å². The van der Waals surface area contributed by atoms with Gasteiger partial charge >= 0.3 is 0 Å². The predicted octanol–water partition coefficient (Wildman–Crippen LogP) is 1.66. The molecule has 0 aliphatic carbocycles. The molecule has 1 aromatic heterocycles. The minimum Gasteiger partial charge on any atom is -0.359 e. The highest BCUT2D eigenvalue weighted by Gasteiger charge is 2.18. The molecule has 1 saturated heterocycles. The summed E-state index contributed by atoms with van der Waals surface area (Å²) in [6.45, 7) is 7.05. The number of nitrogens with one attached hydrogen (secondary N) is 1. The van der Waals surface area contributed by atoms with Crippen LogP contribution in [0.1, 0.15) is 19.8 Å². The summed E-state index contributed by atoms with van der Waals surface area (Å²) in [6.07, 6.45) is 6.56. The van der Waals surface area contributed by atoms with Crippen LogP contribution in [0, 0.1) is 5.92 Å². The molecule has 90 valence electrons. The van der Waals surface area contributed by atoms with Gasteiger partial charge < -0.3 is 14.8 Å². The summed E-state index contributed by atoms with van der Waals surface area (Å²) in [6, 6.07) is 0. The van der Waals surface area contributed by atoms with Crippen molar-refractivity contribution in [3.8, 4) is 0 Å². The lowest BCUT2D eigenvalue weighted by atomic mass is 9.97. The number of aromatic nitrogens is 2. The Labute approximate surface area is 97.7 Å². The molecule has 2 rings (SSSR count). The van der Waals surface area contributed by atoms with Gasteiger partial charge in [-0.2, -0.15) is 0 Å². The number of anilines is 1. The monoisotopic (exact) mass is 222 g/mol. The van der Waals surface area contributed by atoms with E-state index in [1.54, 1.807) is 0 Å². The van der Waals surface area contributed by atoms with Crippen molar-refractivity contribution in [2.45, 2.75) is 26.3 Å². The van der Waals surface area contributed by atoms with Gasteiger partial charge in [-0.05, 0) is 38.4 Å². The maximum Gasteiger partial charge on any atom is 0.202 e. The van der Waals surface area contributed by atoms with Gasteiger partial charge in [-0.25, -0.2) is 4.98 Å². The molecule has 4 heteroatoms. The van der Waals surface area contributed by atoms with Gasteiger partial charge in [0.15, 0.2) is 0 Å². The molecule has 0 atom stereocenters. The molecule has 2 heterocycles. The molecule has 1 fully saturated rings. The average Bonchev–Trinajstić information content (AvgIpc) is 2.77. The van der Waals surface area contributed by atoms with Crippen LogP contribution in [0.5, 0.6) is 0 Å². The molecule has 0 unspecified atom stereocenters. The van der Waals surface area contributed by atoms with E-state index in [9.17, 15) is 0 Å². The van der Waals surface area contributed by atoms with Crippen LogP contribution in [0.25, 0.3) is 0 Å². The van der Waals surface area contributed by atoms with Gasteiger partial charge in [0.1, 0.15) is 0 Å². The van der Waals surface area contributed by atoms with Crippen molar-refractivity contribution in [1.29, 1.82) is 0 Å². The average molecular weight is 222 g/mol. The van der Waals surface area contributed by atoms with Crippen LogP contribution < -0.4 is 5.32 Å². The van der Waals surface area contributed by atoms with Crippen LogP contribution in [0.2, 0.25) is 0 Å². The number of hydrogen-bond acceptors (Lipinski definition) is 3. The first-order chi connectivity index (χ1) is 7.83. The molecule has 0 aromatic carbocycles. The lowest BCUT2D eigenvalue weighted by Crippen LogP contribution is -2.34. The van der Waals surface area contributed by atoms with E-state index < -0.39 is 0 Å². The molecule has 0 bridgehead atoms. The fraction of sp³-hybridized carbons (Fsp3) is 0.750. The third-order valence-electron chi connectivity index (χ3n) is 3.55. The van der Waals surface area contributed by atoms with E-state index >= 15 is 0 Å². The maximum absolute atomic E-state index is 4.27. The van der Waals surface area contributed by atoms with E-state index in [-0.39, 0.29) is 0 Å². The molecule has 0 amide bonds. The van der Waals surface area contributed by atoms with Crippen LogP contribution in [0.15, 0.2) is 12.4 Å². The smallest absolute Gasteiger partial charge is 0.202 e. The highest BCUT2D eigenvalue weighted by Crippen LogP contribution is 2.20. The second-order valence-electron chi connectivity index (χ2n) is 4.53. The number of hydrogen-bond donors (Lipinski definition) is 1. The van der Waals surface area contributed by atoms with E-state index in [1.807, 2.05) is 13.2 Å². The van der Waals surface area contributed by atoms with Gasteiger partial charge in [-0.15, -0.1) is 0 Å². The number of imidazole rings is 1. The predicted molar refractivity (Wildman–Crippen MR) is 66.6 cm³/mol. The van der Waals surface area contributed by atoms with E-state index in [4.69, 9.17) is 0 Å². The Balaban J connectivity index is 1.87. The van der Waals surface area contributed by atoms with Crippen molar-refractivity contribution in [2.75, 3.05) is 32.0 Å². The molecule has 0 saturated carbocycles. The molecular weight excluding hydrogens is 200 g/mol. The molecule has 1 N–H and O–H groups in total. The summed E-state index contributed by atoms with van der Waals surface area (Å²) in [7, 11) is 1.93. The van der Waals surface area contributed by atoms with Crippen LogP contribution >= 0.6 is 0 Å². The van der Waals surface area contributed by atoms with Gasteiger partial charge in [-0.1, -0.05) is 6.92 Å². The highest BCUT2D eigenvalue weighted by atomic mass is 15.2. The third-order valence-corrected chi connectivity index (χ3v) is 3.55. The number of nitrogens with zero attached hydrogens (tertiary/aromatic N) is 3. The standard InChI is InChI=1S/C12H22N4/c1-3-15-7-4-11(5-8-15)10-16-9-6-14-12(16)13-2/h6,9,11H,3-5,7-8,10H2,1-2H3,(H,13,14). The van der Waals surface area contributed by atoms with Gasteiger partial charge in [-0.3, -0.25) is 0 Å². The summed E-state index contributed by atoms with van der Waals surface area (Å²) in [5.41, 5.74) is 0. The Kier molecular flexibility index (Phi) is 3.83. The summed E-state index contributed by atoms with van der Waals surface area (Å²) >= 11 is 0. The summed E-state index contributed by atoms with van der Waals surface area (Å²) in [5, 5.41) is 3.13. The zero-order chi connectivity index (χ0) is 11.4. The van der Waals surface area contributed by atoms with E-state index in [2.05, 4.69) is 32.9 Å². The first-order valence-corrected chi connectivity index (χ1v) is 6.24. The van der Waals surface area contributed by atoms with Gasteiger partial charge in [0.25, 0.3) is 0 Å². The van der Waals surface area contributed by atoms with Crippen LogP contribution in [-0.2, 0) is 6.54 Å². The maximum atomic E-state index is 4.27. The molecule has 1 aliphatic rings. The summed E-state index contributed by atoms with van der Waals surface area (Å²) < 4.78 is 2.23. The van der Waals surface area contributed by atoms with Crippen molar-refractivity contribution >= 4 is 5.95 Å². The highest BCUT2D eigenvalue weighted by molar-refractivity contribution is 5.24. The first kappa shape index (κ1) is 11.5. The third kappa shape index (κ3) is 2.55. The normalized spacial score (nSPS) is 18.9. The molecule has 4 nitrogen and oxygen atoms in total. The number of likely N-dealkylation sites (tertiary alicyclic amines) is 1. The fourth-order valence-corrected chi connectivity index (χ4v) is 2.45. The van der Waals surface area contributed by atoms with Gasteiger partial charge in [0.2, 0.25) is 5.95 Å². The molecule has 0 spiro atoms. The van der Waals surface area contributed by atoms with Crippen molar-refractivity contribution < 1.29 is 0 Å². The SMILES string of the molecule is CCN1CCC(Cn2ccnc2NC)CC1. The van der Waals surface area contributed by atoms with Crippen LogP contribution in [0.4, 0.5) is 5.95 Å². The Morgan fingerprint density at radius 3 is 2.81 bits per heavy atom. The zero-order valence-electron chi connectivity index (χ0n) is 10.3. The van der Waals surface area contributed by atoms with E-state index in [0.29, 0.717) is 0 Å². The van der Waals surface area contributed by atoms with Crippen LogP contribution in [0.3, 0.4) is 0 Å². The Morgan fingerprint density at radius 2 is 2.19 bits per heavy atom. The van der Waals surface area contributed by atoms with E-state index in [0.717, 1.165) is 18.4 Å². The second-order valence-corrected chi connectivity index (χ2v) is 4.53. The van der Waals surface area contributed by atoms with Gasteiger partial charge in [0.05, 0.1) is 0 Å². The molecule has 1 aromatic rings. The number of piperidine rings is 1. The Hall–Kier alpha value is -1.03. The van der Waals surface area contributed by atoms with Crippen LogP contribution in [-0.4, -0.2) is 41.1 Å². The lowest BCUT2D eigenvalue weighted by molar-refractivity contribution is 0.181. The van der Waals surface area contributed by atoms with Crippen molar-refractivity contribution in [1.82, 2.24) is 14.5 Å². The number of rotatable bonds is 4. The summed E-state index contributed by atoms with van der Waals surface area (Å²) in [4.78, 5) is 6.80. The molecule has 1 aliphatic heterocycles. The van der Waals surface area contributed by atoms with E-state index in [1.165, 1.54) is 32.5 Å². The second kappa shape index (κ2) is 5.34. The van der Waals surface area contributed by atoms with Crippen molar-refractivity contribution in [3.63, 3.8) is 0 Å². The lowest BCUT2D eigenvalue weighted by Gasteiger charge is -2.31. The quantitative estimate of drug-likeness (QED) is 0.841. The first-order valence-electron chi connectivity index (χ1n) is 6.24. The molecule has 0 radical (unpaired) electrons. The van der Waals surface area contributed by atoms with Gasteiger partial charge in [0, 0.05) is 26.0 Å². The largest absolute Gasteiger partial charge is 0.359 e. The summed E-state index contributed by atoms with van der Waals surface area (Å²) in [5.74, 6) is 1.79. The molecular formula is C12H22N4. The Morgan fingerprint density at radius 1 is 1.44 bits per heavy atom. The Bertz CT molecular complexity index is 313. The minimum atomic E-state index is 0.809. The fourth-order valence-electron chi connectivity index (χ4n) is 2.45. The topological polar surface area (TPSA) is 33.1 Å². The molecule has 16 heavy (non-hydrogen) atoms. The van der Waals surface area contributed by atoms with Crippen molar-refractivity contribution in [3.05, 3.63) is 12.4 Å². The zero-order valence-corrected chi connectivity index (χ0v) is 10.3.